The molecular weight excluding hydrogens is 440 g/mol. The van der Waals surface area contributed by atoms with Crippen LogP contribution in [0.15, 0.2) is 42.5 Å². The molecule has 7 nitrogen and oxygen atoms in total. The molecule has 1 fully saturated rings. The molecule has 1 atom stereocenters. The van der Waals surface area contributed by atoms with Gasteiger partial charge in [-0.3, -0.25) is 19.3 Å². The lowest BCUT2D eigenvalue weighted by atomic mass is 10.0. The quantitative estimate of drug-likeness (QED) is 0.608. The molecule has 2 aromatic carbocycles. The van der Waals surface area contributed by atoms with Gasteiger partial charge in [0.05, 0.1) is 6.54 Å². The van der Waals surface area contributed by atoms with Crippen molar-refractivity contribution in [3.63, 3.8) is 0 Å². The summed E-state index contributed by atoms with van der Waals surface area (Å²) in [4.78, 5) is 42.7. The summed E-state index contributed by atoms with van der Waals surface area (Å²) in [6, 6.07) is 12.7. The van der Waals surface area contributed by atoms with Gasteiger partial charge in [0.2, 0.25) is 11.8 Å². The SMILES string of the molecule is Cc1ccccc1C(=O)NC(CC(C)C)C(=O)N1CCN(CC(=O)Nc2cccc(C)c2C)CC1. The lowest BCUT2D eigenvalue weighted by molar-refractivity contribution is -0.135. The normalized spacial score (nSPS) is 15.1. The molecule has 0 spiro atoms. The van der Waals surface area contributed by atoms with Gasteiger partial charge in [-0.1, -0.05) is 44.2 Å². The Morgan fingerprint density at radius 2 is 1.54 bits per heavy atom. The molecular formula is C28H38N4O3. The van der Waals surface area contributed by atoms with Crippen molar-refractivity contribution in [1.29, 1.82) is 0 Å². The highest BCUT2D eigenvalue weighted by atomic mass is 16.2. The number of amides is 3. The molecule has 35 heavy (non-hydrogen) atoms. The fourth-order valence-corrected chi connectivity index (χ4v) is 4.38. The Kier molecular flexibility index (Phi) is 9.04. The minimum absolute atomic E-state index is 0.0540. The molecule has 1 saturated heterocycles. The number of nitrogens with one attached hydrogen (secondary N) is 2. The molecule has 1 unspecified atom stereocenters. The average Bonchev–Trinajstić information content (AvgIpc) is 2.81. The molecule has 1 heterocycles. The molecule has 0 bridgehead atoms. The monoisotopic (exact) mass is 478 g/mol. The number of rotatable bonds is 8. The minimum atomic E-state index is -0.568. The predicted molar refractivity (Wildman–Crippen MR) is 139 cm³/mol. The third-order valence-electron chi connectivity index (χ3n) is 6.63. The largest absolute Gasteiger partial charge is 0.340 e. The third-order valence-corrected chi connectivity index (χ3v) is 6.63. The summed E-state index contributed by atoms with van der Waals surface area (Å²) in [6.45, 7) is 12.6. The maximum atomic E-state index is 13.3. The van der Waals surface area contributed by atoms with Crippen LogP contribution in [-0.2, 0) is 9.59 Å². The Bertz CT molecular complexity index is 1060. The maximum absolute atomic E-state index is 13.3. The second-order valence-electron chi connectivity index (χ2n) is 9.87. The molecule has 2 N–H and O–H groups in total. The summed E-state index contributed by atoms with van der Waals surface area (Å²) >= 11 is 0. The Labute approximate surface area is 208 Å². The Morgan fingerprint density at radius 1 is 0.886 bits per heavy atom. The zero-order valence-corrected chi connectivity index (χ0v) is 21.6. The first kappa shape index (κ1) is 26.4. The van der Waals surface area contributed by atoms with Crippen molar-refractivity contribution in [2.24, 2.45) is 5.92 Å². The first-order chi connectivity index (χ1) is 16.7. The van der Waals surface area contributed by atoms with Gasteiger partial charge in [-0.05, 0) is 61.9 Å². The molecule has 3 amide bonds. The van der Waals surface area contributed by atoms with Crippen molar-refractivity contribution in [3.8, 4) is 0 Å². The number of carbonyl (C=O) groups is 3. The van der Waals surface area contributed by atoms with E-state index < -0.39 is 6.04 Å². The summed E-state index contributed by atoms with van der Waals surface area (Å²) < 4.78 is 0. The Morgan fingerprint density at radius 3 is 2.20 bits per heavy atom. The fourth-order valence-electron chi connectivity index (χ4n) is 4.38. The van der Waals surface area contributed by atoms with Gasteiger partial charge in [0.15, 0.2) is 0 Å². The molecule has 188 valence electrons. The van der Waals surface area contributed by atoms with Crippen LogP contribution in [0, 0.1) is 26.7 Å². The maximum Gasteiger partial charge on any atom is 0.252 e. The summed E-state index contributed by atoms with van der Waals surface area (Å²) in [7, 11) is 0. The van der Waals surface area contributed by atoms with E-state index in [0.29, 0.717) is 38.2 Å². The summed E-state index contributed by atoms with van der Waals surface area (Å²) in [6.07, 6.45) is 0.578. The number of benzene rings is 2. The number of piperazine rings is 1. The van der Waals surface area contributed by atoms with Crippen LogP contribution in [-0.4, -0.2) is 66.3 Å². The van der Waals surface area contributed by atoms with Gasteiger partial charge in [0.25, 0.3) is 5.91 Å². The Hall–Kier alpha value is -3.19. The summed E-state index contributed by atoms with van der Waals surface area (Å²) in [5, 5.41) is 5.98. The van der Waals surface area contributed by atoms with Crippen molar-refractivity contribution >= 4 is 23.4 Å². The van der Waals surface area contributed by atoms with Gasteiger partial charge in [-0.2, -0.15) is 0 Å². The van der Waals surface area contributed by atoms with Crippen LogP contribution in [0.5, 0.6) is 0 Å². The van der Waals surface area contributed by atoms with Gasteiger partial charge >= 0.3 is 0 Å². The molecule has 0 aromatic heterocycles. The molecule has 1 aliphatic rings. The van der Waals surface area contributed by atoms with Crippen LogP contribution in [0.4, 0.5) is 5.69 Å². The zero-order valence-electron chi connectivity index (χ0n) is 21.6. The van der Waals surface area contributed by atoms with Crippen molar-refractivity contribution in [1.82, 2.24) is 15.1 Å². The molecule has 0 saturated carbocycles. The van der Waals surface area contributed by atoms with E-state index in [2.05, 4.69) is 15.5 Å². The predicted octanol–water partition coefficient (Wildman–Crippen LogP) is 3.54. The number of aryl methyl sites for hydroxylation is 2. The van der Waals surface area contributed by atoms with Gasteiger partial charge in [0, 0.05) is 37.4 Å². The molecule has 0 radical (unpaired) electrons. The number of nitrogens with zero attached hydrogens (tertiary/aromatic N) is 2. The molecule has 2 aromatic rings. The smallest absolute Gasteiger partial charge is 0.252 e. The fraction of sp³-hybridized carbons (Fsp3) is 0.464. The highest BCUT2D eigenvalue weighted by Gasteiger charge is 2.30. The van der Waals surface area contributed by atoms with Crippen molar-refractivity contribution < 1.29 is 14.4 Å². The minimum Gasteiger partial charge on any atom is -0.340 e. The first-order valence-electron chi connectivity index (χ1n) is 12.4. The van der Waals surface area contributed by atoms with Crippen LogP contribution in [0.3, 0.4) is 0 Å². The van der Waals surface area contributed by atoms with E-state index in [0.717, 1.165) is 22.4 Å². The van der Waals surface area contributed by atoms with Gasteiger partial charge in [0.1, 0.15) is 6.04 Å². The molecule has 1 aliphatic heterocycles. The van der Waals surface area contributed by atoms with E-state index in [1.807, 2.05) is 75.9 Å². The van der Waals surface area contributed by atoms with Crippen LogP contribution >= 0.6 is 0 Å². The standard InChI is InChI=1S/C28H38N4O3/c1-19(2)17-25(30-27(34)23-11-7-6-9-21(23)4)28(35)32-15-13-31(14-16-32)18-26(33)29-24-12-8-10-20(3)22(24)5/h6-12,19,25H,13-18H2,1-5H3,(H,29,33)(H,30,34). The number of carbonyl (C=O) groups excluding carboxylic acids is 3. The third kappa shape index (κ3) is 7.15. The average molecular weight is 479 g/mol. The van der Waals surface area contributed by atoms with E-state index in [9.17, 15) is 14.4 Å². The zero-order chi connectivity index (χ0) is 25.5. The van der Waals surface area contributed by atoms with E-state index in [4.69, 9.17) is 0 Å². The van der Waals surface area contributed by atoms with E-state index in [-0.39, 0.29) is 30.2 Å². The van der Waals surface area contributed by atoms with Crippen LogP contribution in [0.1, 0.15) is 47.3 Å². The number of anilines is 1. The molecule has 7 heteroatoms. The number of hydrogen-bond acceptors (Lipinski definition) is 4. The van der Waals surface area contributed by atoms with Crippen molar-refractivity contribution in [2.45, 2.75) is 47.1 Å². The summed E-state index contributed by atoms with van der Waals surface area (Å²) in [5.41, 5.74) is 4.52. The van der Waals surface area contributed by atoms with Crippen LogP contribution in [0.25, 0.3) is 0 Å². The molecule has 3 rings (SSSR count). The van der Waals surface area contributed by atoms with Gasteiger partial charge in [-0.25, -0.2) is 0 Å². The van der Waals surface area contributed by atoms with Crippen LogP contribution in [0.2, 0.25) is 0 Å². The highest BCUT2D eigenvalue weighted by Crippen LogP contribution is 2.18. The van der Waals surface area contributed by atoms with Crippen molar-refractivity contribution in [3.05, 3.63) is 64.7 Å². The topological polar surface area (TPSA) is 81.8 Å². The second kappa shape index (κ2) is 12.0. The lowest BCUT2D eigenvalue weighted by Crippen LogP contribution is -2.56. The van der Waals surface area contributed by atoms with Crippen molar-refractivity contribution in [2.75, 3.05) is 38.0 Å². The lowest BCUT2D eigenvalue weighted by Gasteiger charge is -2.36. The van der Waals surface area contributed by atoms with E-state index >= 15 is 0 Å². The van der Waals surface area contributed by atoms with E-state index in [1.54, 1.807) is 6.07 Å². The number of hydrogen-bond donors (Lipinski definition) is 2. The highest BCUT2D eigenvalue weighted by molar-refractivity contribution is 5.98. The first-order valence-corrected chi connectivity index (χ1v) is 12.4. The van der Waals surface area contributed by atoms with Crippen LogP contribution < -0.4 is 10.6 Å². The summed E-state index contributed by atoms with van der Waals surface area (Å²) in [5.74, 6) is -0.0678. The molecule has 0 aliphatic carbocycles. The van der Waals surface area contributed by atoms with E-state index in [1.165, 1.54) is 0 Å². The van der Waals surface area contributed by atoms with Gasteiger partial charge < -0.3 is 15.5 Å². The Balaban J connectivity index is 1.55. The second-order valence-corrected chi connectivity index (χ2v) is 9.87. The van der Waals surface area contributed by atoms with Gasteiger partial charge in [-0.15, -0.1) is 0 Å².